The van der Waals surface area contributed by atoms with Crippen molar-refractivity contribution in [3.63, 3.8) is 0 Å². The Labute approximate surface area is 124 Å². The molecule has 1 aromatic heterocycles. The number of aromatic nitrogens is 2. The van der Waals surface area contributed by atoms with Gasteiger partial charge in [0.25, 0.3) is 0 Å². The lowest BCUT2D eigenvalue weighted by Crippen LogP contribution is -2.22. The number of aryl methyl sites for hydroxylation is 1. The molecule has 1 unspecified atom stereocenters. The van der Waals surface area contributed by atoms with Crippen molar-refractivity contribution < 1.29 is 4.39 Å². The van der Waals surface area contributed by atoms with E-state index in [9.17, 15) is 4.39 Å². The molecule has 2 rings (SSSR count). The van der Waals surface area contributed by atoms with Crippen LogP contribution in [0.25, 0.3) is 0 Å². The van der Waals surface area contributed by atoms with E-state index < -0.39 is 0 Å². The lowest BCUT2D eigenvalue weighted by molar-refractivity contribution is 0.558. The van der Waals surface area contributed by atoms with Crippen LogP contribution in [0, 0.1) is 5.82 Å². The van der Waals surface area contributed by atoms with E-state index in [2.05, 4.69) is 26.3 Å². The zero-order chi connectivity index (χ0) is 14.0. The normalized spacial score (nSPS) is 12.7. The first-order chi connectivity index (χ1) is 9.06. The maximum absolute atomic E-state index is 13.5. The van der Waals surface area contributed by atoms with Crippen molar-refractivity contribution in [1.82, 2.24) is 15.1 Å². The number of hydrogen-bond acceptors (Lipinski definition) is 2. The van der Waals surface area contributed by atoms with Gasteiger partial charge in [0.15, 0.2) is 0 Å². The maximum Gasteiger partial charge on any atom is 0.124 e. The van der Waals surface area contributed by atoms with Gasteiger partial charge in [-0.1, -0.05) is 27.5 Å². The van der Waals surface area contributed by atoms with Gasteiger partial charge in [-0.2, -0.15) is 5.10 Å². The summed E-state index contributed by atoms with van der Waals surface area (Å²) in [4.78, 5) is 0. The molecule has 3 nitrogen and oxygen atoms in total. The van der Waals surface area contributed by atoms with E-state index in [4.69, 9.17) is 11.6 Å². The standard InChI is InChI=1S/C13H14BrClFN3/c1-3-19-13(11(15)7-18-19)12(17-2)8-4-9(14)6-10(16)5-8/h4-7,12,17H,3H2,1-2H3. The third-order valence-electron chi connectivity index (χ3n) is 2.91. The summed E-state index contributed by atoms with van der Waals surface area (Å²) in [7, 11) is 1.81. The second kappa shape index (κ2) is 6.03. The molecule has 0 spiro atoms. The molecule has 1 aromatic carbocycles. The van der Waals surface area contributed by atoms with Crippen molar-refractivity contribution in [3.05, 3.63) is 51.0 Å². The third kappa shape index (κ3) is 2.99. The van der Waals surface area contributed by atoms with Crippen molar-refractivity contribution >= 4 is 27.5 Å². The Morgan fingerprint density at radius 3 is 2.79 bits per heavy atom. The first-order valence-corrected chi connectivity index (χ1v) is 7.08. The van der Waals surface area contributed by atoms with E-state index in [1.807, 2.05) is 24.7 Å². The molecule has 1 heterocycles. The fourth-order valence-electron chi connectivity index (χ4n) is 2.11. The second-order valence-corrected chi connectivity index (χ2v) is 5.44. The monoisotopic (exact) mass is 345 g/mol. The van der Waals surface area contributed by atoms with Crippen LogP contribution >= 0.6 is 27.5 Å². The van der Waals surface area contributed by atoms with Crippen LogP contribution < -0.4 is 5.32 Å². The van der Waals surface area contributed by atoms with Crippen LogP contribution in [0.15, 0.2) is 28.9 Å². The van der Waals surface area contributed by atoms with Gasteiger partial charge in [0.2, 0.25) is 0 Å². The number of nitrogens with zero attached hydrogens (tertiary/aromatic N) is 2. The molecule has 102 valence electrons. The first-order valence-electron chi connectivity index (χ1n) is 5.91. The molecule has 0 amide bonds. The molecule has 0 bridgehead atoms. The molecule has 2 aromatic rings. The highest BCUT2D eigenvalue weighted by molar-refractivity contribution is 9.10. The quantitative estimate of drug-likeness (QED) is 0.913. The predicted octanol–water partition coefficient (Wildman–Crippen LogP) is 3.77. The summed E-state index contributed by atoms with van der Waals surface area (Å²) in [6, 6.07) is 4.58. The van der Waals surface area contributed by atoms with E-state index in [0.717, 1.165) is 11.3 Å². The minimum atomic E-state index is -0.289. The van der Waals surface area contributed by atoms with Gasteiger partial charge in [-0.3, -0.25) is 4.68 Å². The summed E-state index contributed by atoms with van der Waals surface area (Å²) in [5.74, 6) is -0.289. The van der Waals surface area contributed by atoms with Gasteiger partial charge in [0.1, 0.15) is 5.82 Å². The molecule has 0 radical (unpaired) electrons. The molecule has 0 saturated heterocycles. The first kappa shape index (κ1) is 14.5. The third-order valence-corrected chi connectivity index (χ3v) is 3.66. The SMILES string of the molecule is CCn1ncc(Cl)c1C(NC)c1cc(F)cc(Br)c1. The average Bonchev–Trinajstić information content (AvgIpc) is 2.71. The summed E-state index contributed by atoms with van der Waals surface area (Å²) in [6.45, 7) is 2.69. The van der Waals surface area contributed by atoms with Gasteiger partial charge in [-0.05, 0) is 37.7 Å². The van der Waals surface area contributed by atoms with E-state index in [1.54, 1.807) is 6.20 Å². The summed E-state index contributed by atoms with van der Waals surface area (Å²) < 4.78 is 16.0. The predicted molar refractivity (Wildman–Crippen MR) is 77.9 cm³/mol. The molecule has 0 aliphatic carbocycles. The lowest BCUT2D eigenvalue weighted by Gasteiger charge is -2.19. The molecule has 1 atom stereocenters. The lowest BCUT2D eigenvalue weighted by atomic mass is 10.0. The molecule has 0 aliphatic heterocycles. The number of rotatable bonds is 4. The Hall–Kier alpha value is -0.910. The van der Waals surface area contributed by atoms with Gasteiger partial charge >= 0.3 is 0 Å². The Morgan fingerprint density at radius 1 is 1.47 bits per heavy atom. The second-order valence-electron chi connectivity index (χ2n) is 4.12. The zero-order valence-electron chi connectivity index (χ0n) is 10.6. The van der Waals surface area contributed by atoms with E-state index in [-0.39, 0.29) is 11.9 Å². The van der Waals surface area contributed by atoms with Crippen molar-refractivity contribution in [3.8, 4) is 0 Å². The van der Waals surface area contributed by atoms with Crippen molar-refractivity contribution in [2.24, 2.45) is 0 Å². The molecule has 1 N–H and O–H groups in total. The highest BCUT2D eigenvalue weighted by atomic mass is 79.9. The van der Waals surface area contributed by atoms with Crippen LogP contribution in [0.3, 0.4) is 0 Å². The molecular weight excluding hydrogens is 333 g/mol. The smallest absolute Gasteiger partial charge is 0.124 e. The molecule has 0 fully saturated rings. The maximum atomic E-state index is 13.5. The van der Waals surface area contributed by atoms with Crippen LogP contribution in [-0.2, 0) is 6.54 Å². The number of halogens is 3. The van der Waals surface area contributed by atoms with E-state index in [0.29, 0.717) is 16.0 Å². The minimum Gasteiger partial charge on any atom is -0.308 e. The number of nitrogens with one attached hydrogen (secondary N) is 1. The van der Waals surface area contributed by atoms with E-state index >= 15 is 0 Å². The summed E-state index contributed by atoms with van der Waals surface area (Å²) in [5, 5.41) is 7.94. The fraction of sp³-hybridized carbons (Fsp3) is 0.308. The summed E-state index contributed by atoms with van der Waals surface area (Å²) in [5.41, 5.74) is 1.63. The van der Waals surface area contributed by atoms with Crippen molar-refractivity contribution in [1.29, 1.82) is 0 Å². The van der Waals surface area contributed by atoms with Gasteiger partial charge in [-0.25, -0.2) is 4.39 Å². The van der Waals surface area contributed by atoms with Gasteiger partial charge in [0.05, 0.1) is 23.0 Å². The Bertz CT molecular complexity index is 565. The average molecular weight is 347 g/mol. The van der Waals surface area contributed by atoms with Gasteiger partial charge in [-0.15, -0.1) is 0 Å². The molecule has 6 heteroatoms. The summed E-state index contributed by atoms with van der Waals surface area (Å²) >= 11 is 9.50. The van der Waals surface area contributed by atoms with Crippen LogP contribution in [0.1, 0.15) is 24.2 Å². The van der Waals surface area contributed by atoms with E-state index in [1.165, 1.54) is 12.1 Å². The minimum absolute atomic E-state index is 0.207. The Kier molecular flexibility index (Phi) is 4.60. The number of hydrogen-bond donors (Lipinski definition) is 1. The highest BCUT2D eigenvalue weighted by Gasteiger charge is 2.21. The number of benzene rings is 1. The summed E-state index contributed by atoms with van der Waals surface area (Å²) in [6.07, 6.45) is 1.61. The highest BCUT2D eigenvalue weighted by Crippen LogP contribution is 2.30. The molecule has 0 saturated carbocycles. The topological polar surface area (TPSA) is 29.9 Å². The van der Waals surface area contributed by atoms with Crippen LogP contribution in [-0.4, -0.2) is 16.8 Å². The Balaban J connectivity index is 2.52. The van der Waals surface area contributed by atoms with Gasteiger partial charge in [0, 0.05) is 11.0 Å². The largest absolute Gasteiger partial charge is 0.308 e. The molecule has 0 aliphatic rings. The van der Waals surface area contributed by atoms with Crippen LogP contribution in [0.2, 0.25) is 5.02 Å². The van der Waals surface area contributed by atoms with Crippen molar-refractivity contribution in [2.75, 3.05) is 7.05 Å². The van der Waals surface area contributed by atoms with Crippen molar-refractivity contribution in [2.45, 2.75) is 19.5 Å². The van der Waals surface area contributed by atoms with Crippen LogP contribution in [0.5, 0.6) is 0 Å². The Morgan fingerprint density at radius 2 is 2.21 bits per heavy atom. The fourth-order valence-corrected chi connectivity index (χ4v) is 2.85. The zero-order valence-corrected chi connectivity index (χ0v) is 13.0. The van der Waals surface area contributed by atoms with Gasteiger partial charge < -0.3 is 5.32 Å². The van der Waals surface area contributed by atoms with Crippen LogP contribution in [0.4, 0.5) is 4.39 Å². The molecule has 19 heavy (non-hydrogen) atoms. The molecular formula is C13H14BrClFN3.